The molecule has 0 aliphatic carbocycles. The minimum Gasteiger partial charge on any atom is -0.311 e. The fourth-order valence-corrected chi connectivity index (χ4v) is 3.36. The Labute approximate surface area is 176 Å². The Balaban J connectivity index is 1.70. The van der Waals surface area contributed by atoms with Gasteiger partial charge in [0.1, 0.15) is 5.82 Å². The van der Waals surface area contributed by atoms with Crippen LogP contribution in [0.25, 0.3) is 0 Å². The van der Waals surface area contributed by atoms with Crippen LogP contribution < -0.4 is 4.90 Å². The molecule has 4 rings (SSSR count). The number of aryl methyl sites for hydroxylation is 2. The van der Waals surface area contributed by atoms with Gasteiger partial charge in [-0.15, -0.1) is 0 Å². The summed E-state index contributed by atoms with van der Waals surface area (Å²) in [5, 5.41) is 0. The number of nitrogens with zero attached hydrogens (tertiary/aromatic N) is 1. The number of rotatable bonds is 5. The molecule has 0 heterocycles. The first-order chi connectivity index (χ1) is 14.5. The maximum Gasteiger partial charge on any atom is 0.193 e. The second kappa shape index (κ2) is 8.34. The van der Waals surface area contributed by atoms with Crippen LogP contribution in [0.15, 0.2) is 97.1 Å². The highest BCUT2D eigenvalue weighted by Gasteiger charge is 2.14. The maximum absolute atomic E-state index is 13.1. The van der Waals surface area contributed by atoms with Gasteiger partial charge in [-0.1, -0.05) is 35.4 Å². The Morgan fingerprint density at radius 2 is 0.900 bits per heavy atom. The van der Waals surface area contributed by atoms with Crippen LogP contribution >= 0.6 is 0 Å². The molecule has 0 aliphatic rings. The fourth-order valence-electron chi connectivity index (χ4n) is 3.36. The van der Waals surface area contributed by atoms with Crippen LogP contribution in [-0.4, -0.2) is 5.78 Å². The van der Waals surface area contributed by atoms with E-state index in [2.05, 4.69) is 67.3 Å². The van der Waals surface area contributed by atoms with E-state index in [4.69, 9.17) is 0 Å². The monoisotopic (exact) mass is 395 g/mol. The van der Waals surface area contributed by atoms with Crippen molar-refractivity contribution in [2.45, 2.75) is 13.8 Å². The third kappa shape index (κ3) is 4.15. The van der Waals surface area contributed by atoms with Crippen molar-refractivity contribution in [2.24, 2.45) is 0 Å². The number of benzene rings is 4. The summed E-state index contributed by atoms with van der Waals surface area (Å²) in [6.45, 7) is 4.13. The van der Waals surface area contributed by atoms with Crippen LogP contribution in [0.1, 0.15) is 27.0 Å². The van der Waals surface area contributed by atoms with Crippen molar-refractivity contribution in [1.82, 2.24) is 0 Å². The zero-order chi connectivity index (χ0) is 21.1. The first kappa shape index (κ1) is 19.6. The van der Waals surface area contributed by atoms with Gasteiger partial charge in [0.25, 0.3) is 0 Å². The van der Waals surface area contributed by atoms with Gasteiger partial charge < -0.3 is 4.90 Å². The third-order valence-corrected chi connectivity index (χ3v) is 5.08. The Morgan fingerprint density at radius 3 is 1.30 bits per heavy atom. The summed E-state index contributed by atoms with van der Waals surface area (Å²) in [5.74, 6) is -0.479. The summed E-state index contributed by atoms with van der Waals surface area (Å²) in [5.41, 5.74) is 6.48. The quantitative estimate of drug-likeness (QED) is 0.335. The second-order valence-electron chi connectivity index (χ2n) is 7.39. The van der Waals surface area contributed by atoms with E-state index >= 15 is 0 Å². The average molecular weight is 395 g/mol. The van der Waals surface area contributed by atoms with Crippen molar-refractivity contribution in [2.75, 3.05) is 4.90 Å². The number of carbonyl (C=O) groups excluding carboxylic acids is 1. The molecule has 0 amide bonds. The van der Waals surface area contributed by atoms with Crippen molar-refractivity contribution in [1.29, 1.82) is 0 Å². The summed E-state index contributed by atoms with van der Waals surface area (Å²) >= 11 is 0. The van der Waals surface area contributed by atoms with E-state index in [1.165, 1.54) is 35.4 Å². The molecule has 0 radical (unpaired) electrons. The maximum atomic E-state index is 13.1. The predicted molar refractivity (Wildman–Crippen MR) is 120 cm³/mol. The van der Waals surface area contributed by atoms with Crippen LogP contribution in [0.3, 0.4) is 0 Å². The Bertz CT molecular complexity index is 1100. The van der Waals surface area contributed by atoms with E-state index in [0.717, 1.165) is 17.1 Å². The molecule has 0 bridgehead atoms. The summed E-state index contributed by atoms with van der Waals surface area (Å²) in [4.78, 5) is 14.9. The van der Waals surface area contributed by atoms with Gasteiger partial charge in [-0.3, -0.25) is 4.79 Å². The Morgan fingerprint density at radius 1 is 0.567 bits per heavy atom. The van der Waals surface area contributed by atoms with Gasteiger partial charge in [0.2, 0.25) is 0 Å². The van der Waals surface area contributed by atoms with E-state index in [0.29, 0.717) is 11.1 Å². The molecule has 0 spiro atoms. The first-order valence-electron chi connectivity index (χ1n) is 9.85. The topological polar surface area (TPSA) is 20.3 Å². The normalized spacial score (nSPS) is 10.6. The van der Waals surface area contributed by atoms with Crippen LogP contribution in [0.4, 0.5) is 21.5 Å². The molecule has 4 aromatic rings. The number of anilines is 3. The Kier molecular flexibility index (Phi) is 5.44. The summed E-state index contributed by atoms with van der Waals surface area (Å²) in [7, 11) is 0. The zero-order valence-corrected chi connectivity index (χ0v) is 17.0. The molecule has 0 atom stereocenters. The summed E-state index contributed by atoms with van der Waals surface area (Å²) in [6.07, 6.45) is 0. The van der Waals surface area contributed by atoms with E-state index in [-0.39, 0.29) is 11.6 Å². The molecule has 0 N–H and O–H groups in total. The minimum atomic E-state index is -0.353. The smallest absolute Gasteiger partial charge is 0.193 e. The van der Waals surface area contributed by atoms with Gasteiger partial charge in [0.05, 0.1) is 0 Å². The van der Waals surface area contributed by atoms with Gasteiger partial charge in [0.15, 0.2) is 5.78 Å². The first-order valence-corrected chi connectivity index (χ1v) is 9.85. The van der Waals surface area contributed by atoms with Gasteiger partial charge in [-0.25, -0.2) is 4.39 Å². The van der Waals surface area contributed by atoms with Gasteiger partial charge in [0, 0.05) is 28.2 Å². The third-order valence-electron chi connectivity index (χ3n) is 5.08. The summed E-state index contributed by atoms with van der Waals surface area (Å²) in [6, 6.07) is 29.8. The van der Waals surface area contributed by atoms with E-state index in [1.54, 1.807) is 0 Å². The lowest BCUT2D eigenvalue weighted by molar-refractivity contribution is 0.103. The molecule has 0 aromatic heterocycles. The van der Waals surface area contributed by atoms with Crippen molar-refractivity contribution >= 4 is 22.8 Å². The molecular formula is C27H22FNO. The molecule has 0 saturated carbocycles. The lowest BCUT2D eigenvalue weighted by Gasteiger charge is -2.26. The molecule has 0 unspecified atom stereocenters. The zero-order valence-electron chi connectivity index (χ0n) is 17.0. The lowest BCUT2D eigenvalue weighted by Crippen LogP contribution is -2.10. The number of carbonyl (C=O) groups is 1. The van der Waals surface area contributed by atoms with Crippen molar-refractivity contribution < 1.29 is 9.18 Å². The van der Waals surface area contributed by atoms with Crippen LogP contribution in [0.5, 0.6) is 0 Å². The number of hydrogen-bond acceptors (Lipinski definition) is 2. The number of ketones is 1. The number of halogens is 1. The Hall–Kier alpha value is -3.72. The van der Waals surface area contributed by atoms with Gasteiger partial charge in [-0.05, 0) is 86.6 Å². The molecule has 3 heteroatoms. The molecule has 0 fully saturated rings. The molecule has 0 saturated heterocycles. The molecule has 148 valence electrons. The van der Waals surface area contributed by atoms with Crippen molar-refractivity contribution in [3.63, 3.8) is 0 Å². The van der Waals surface area contributed by atoms with E-state index in [1.807, 2.05) is 24.3 Å². The van der Waals surface area contributed by atoms with Crippen LogP contribution in [-0.2, 0) is 0 Å². The van der Waals surface area contributed by atoms with Gasteiger partial charge in [-0.2, -0.15) is 0 Å². The number of hydrogen-bond donors (Lipinski definition) is 0. The highest BCUT2D eigenvalue weighted by Crippen LogP contribution is 2.34. The van der Waals surface area contributed by atoms with Gasteiger partial charge >= 0.3 is 0 Å². The molecule has 2 nitrogen and oxygen atoms in total. The average Bonchev–Trinajstić information content (AvgIpc) is 2.77. The van der Waals surface area contributed by atoms with Crippen molar-refractivity contribution in [3.05, 3.63) is 125 Å². The SMILES string of the molecule is Cc1ccc(N(c2ccc(C)cc2)c2ccc(C(=O)c3ccc(F)cc3)cc2)cc1. The lowest BCUT2D eigenvalue weighted by atomic mass is 10.0. The molecule has 30 heavy (non-hydrogen) atoms. The highest BCUT2D eigenvalue weighted by atomic mass is 19.1. The molecule has 0 aliphatic heterocycles. The van der Waals surface area contributed by atoms with E-state index in [9.17, 15) is 9.18 Å². The molecule has 4 aromatic carbocycles. The minimum absolute atomic E-state index is 0.126. The molecular weight excluding hydrogens is 373 g/mol. The largest absolute Gasteiger partial charge is 0.311 e. The van der Waals surface area contributed by atoms with Crippen LogP contribution in [0, 0.1) is 19.7 Å². The summed E-state index contributed by atoms with van der Waals surface area (Å²) < 4.78 is 13.1. The van der Waals surface area contributed by atoms with E-state index < -0.39 is 0 Å². The standard InChI is InChI=1S/C27H22FNO/c1-19-3-13-24(14-4-19)29(25-15-5-20(2)6-16-25)26-17-9-22(10-18-26)27(30)21-7-11-23(28)12-8-21/h3-18H,1-2H3. The fraction of sp³-hybridized carbons (Fsp3) is 0.0741. The van der Waals surface area contributed by atoms with Crippen molar-refractivity contribution in [3.8, 4) is 0 Å². The second-order valence-corrected chi connectivity index (χ2v) is 7.39. The van der Waals surface area contributed by atoms with Crippen LogP contribution in [0.2, 0.25) is 0 Å². The highest BCUT2D eigenvalue weighted by molar-refractivity contribution is 6.09. The predicted octanol–water partition coefficient (Wildman–Crippen LogP) is 7.14.